The second-order valence-electron chi connectivity index (χ2n) is 7.05. The number of ether oxygens (including phenoxy) is 1. The highest BCUT2D eigenvalue weighted by Gasteiger charge is 2.17. The predicted molar refractivity (Wildman–Crippen MR) is 113 cm³/mol. The summed E-state index contributed by atoms with van der Waals surface area (Å²) >= 11 is 0. The molecule has 0 aliphatic rings. The summed E-state index contributed by atoms with van der Waals surface area (Å²) in [5.41, 5.74) is 1.36. The molecule has 0 aliphatic carbocycles. The minimum atomic E-state index is -1.24. The highest BCUT2D eigenvalue weighted by atomic mass is 16.5. The molecule has 0 amide bonds. The Morgan fingerprint density at radius 3 is 2.40 bits per heavy atom. The highest BCUT2D eigenvalue weighted by Crippen LogP contribution is 2.39. The van der Waals surface area contributed by atoms with Crippen LogP contribution in [0.4, 0.5) is 11.4 Å². The molecule has 0 bridgehead atoms. The standard InChI is InChI=1S/C23H22N2O5/c1-14(2)30-20(26)12-9-15-7-10-17(11-8-15)24-25-21-18-6-4-3-5-16(18)13-19(22(21)27)23(28)29/h3-8,10-11,13-14,27H,9,12H2,1-2H3,(H,28,29). The van der Waals surface area contributed by atoms with E-state index >= 15 is 0 Å². The van der Waals surface area contributed by atoms with Gasteiger partial charge in [0.25, 0.3) is 0 Å². The van der Waals surface area contributed by atoms with E-state index in [-0.39, 0.29) is 23.3 Å². The molecule has 0 fully saturated rings. The van der Waals surface area contributed by atoms with Crippen LogP contribution in [0.15, 0.2) is 64.8 Å². The molecule has 7 nitrogen and oxygen atoms in total. The van der Waals surface area contributed by atoms with Crippen molar-refractivity contribution in [3.8, 4) is 5.75 Å². The number of aromatic hydroxyl groups is 1. The van der Waals surface area contributed by atoms with Crippen LogP contribution < -0.4 is 0 Å². The van der Waals surface area contributed by atoms with Gasteiger partial charge in [-0.2, -0.15) is 5.11 Å². The minimum absolute atomic E-state index is 0.103. The topological polar surface area (TPSA) is 109 Å². The Morgan fingerprint density at radius 1 is 1.03 bits per heavy atom. The normalized spacial score (nSPS) is 11.3. The number of benzene rings is 3. The molecular formula is C23H22N2O5. The average Bonchev–Trinajstić information content (AvgIpc) is 2.71. The average molecular weight is 406 g/mol. The third kappa shape index (κ3) is 5.00. The molecule has 2 N–H and O–H groups in total. The van der Waals surface area contributed by atoms with Gasteiger partial charge in [0.1, 0.15) is 11.3 Å². The summed E-state index contributed by atoms with van der Waals surface area (Å²) in [4.78, 5) is 23.1. The fourth-order valence-electron chi connectivity index (χ4n) is 2.99. The summed E-state index contributed by atoms with van der Waals surface area (Å²) in [6, 6.07) is 15.6. The van der Waals surface area contributed by atoms with Crippen molar-refractivity contribution in [2.45, 2.75) is 32.8 Å². The lowest BCUT2D eigenvalue weighted by Gasteiger charge is -2.08. The number of carbonyl (C=O) groups excluding carboxylic acids is 1. The lowest BCUT2D eigenvalue weighted by Crippen LogP contribution is -2.11. The lowest BCUT2D eigenvalue weighted by molar-refractivity contribution is -0.147. The number of rotatable bonds is 7. The summed E-state index contributed by atoms with van der Waals surface area (Å²) in [5.74, 6) is -1.91. The van der Waals surface area contributed by atoms with E-state index in [1.165, 1.54) is 6.07 Å². The molecule has 0 saturated heterocycles. The van der Waals surface area contributed by atoms with Crippen molar-refractivity contribution in [1.29, 1.82) is 0 Å². The van der Waals surface area contributed by atoms with Crippen LogP contribution in [0.2, 0.25) is 0 Å². The van der Waals surface area contributed by atoms with Gasteiger partial charge in [0.15, 0.2) is 5.75 Å². The third-order valence-electron chi connectivity index (χ3n) is 4.41. The summed E-state index contributed by atoms with van der Waals surface area (Å²) in [6.45, 7) is 3.62. The van der Waals surface area contributed by atoms with Gasteiger partial charge in [-0.3, -0.25) is 4.79 Å². The zero-order valence-corrected chi connectivity index (χ0v) is 16.7. The van der Waals surface area contributed by atoms with Crippen molar-refractivity contribution in [2.24, 2.45) is 10.2 Å². The highest BCUT2D eigenvalue weighted by molar-refractivity contribution is 6.04. The number of fused-ring (bicyclic) bond motifs is 1. The number of hydrogen-bond acceptors (Lipinski definition) is 6. The summed E-state index contributed by atoms with van der Waals surface area (Å²) in [6.07, 6.45) is 0.711. The lowest BCUT2D eigenvalue weighted by atomic mass is 10.0. The first kappa shape index (κ1) is 21.0. The minimum Gasteiger partial charge on any atom is -0.505 e. The largest absolute Gasteiger partial charge is 0.505 e. The Hall–Kier alpha value is -3.74. The Balaban J connectivity index is 1.81. The van der Waals surface area contributed by atoms with Crippen LogP contribution in [0.25, 0.3) is 10.8 Å². The van der Waals surface area contributed by atoms with Gasteiger partial charge in [-0.1, -0.05) is 36.4 Å². The molecule has 30 heavy (non-hydrogen) atoms. The molecular weight excluding hydrogens is 384 g/mol. The van der Waals surface area contributed by atoms with Gasteiger partial charge in [0, 0.05) is 11.8 Å². The van der Waals surface area contributed by atoms with E-state index in [2.05, 4.69) is 10.2 Å². The SMILES string of the molecule is CC(C)OC(=O)CCc1ccc(N=Nc2c(O)c(C(=O)O)cc3ccccc23)cc1. The second kappa shape index (κ2) is 9.17. The molecule has 0 atom stereocenters. The van der Waals surface area contributed by atoms with Gasteiger partial charge in [-0.05, 0) is 49.4 Å². The van der Waals surface area contributed by atoms with Crippen LogP contribution >= 0.6 is 0 Å². The number of hydrogen-bond donors (Lipinski definition) is 2. The molecule has 0 spiro atoms. The van der Waals surface area contributed by atoms with Crippen LogP contribution in [-0.4, -0.2) is 28.3 Å². The number of azo groups is 1. The van der Waals surface area contributed by atoms with Crippen molar-refractivity contribution < 1.29 is 24.5 Å². The Morgan fingerprint density at radius 2 is 1.73 bits per heavy atom. The van der Waals surface area contributed by atoms with Crippen molar-refractivity contribution >= 4 is 34.1 Å². The smallest absolute Gasteiger partial charge is 0.339 e. The molecule has 3 aromatic rings. The summed E-state index contributed by atoms with van der Waals surface area (Å²) in [7, 11) is 0. The predicted octanol–water partition coefficient (Wildman–Crippen LogP) is 5.54. The second-order valence-corrected chi connectivity index (χ2v) is 7.05. The quantitative estimate of drug-likeness (QED) is 0.395. The van der Waals surface area contributed by atoms with E-state index in [9.17, 15) is 19.8 Å². The van der Waals surface area contributed by atoms with Gasteiger partial charge in [-0.25, -0.2) is 4.79 Å². The van der Waals surface area contributed by atoms with Gasteiger partial charge in [-0.15, -0.1) is 5.11 Å². The summed E-state index contributed by atoms with van der Waals surface area (Å²) < 4.78 is 5.12. The van der Waals surface area contributed by atoms with Crippen LogP contribution in [0.1, 0.15) is 36.2 Å². The first-order valence-corrected chi connectivity index (χ1v) is 9.53. The number of aromatic carboxylic acids is 1. The third-order valence-corrected chi connectivity index (χ3v) is 4.41. The Bertz CT molecular complexity index is 1100. The van der Waals surface area contributed by atoms with Crippen LogP contribution in [0, 0.1) is 0 Å². The number of carboxylic acid groups (broad SMARTS) is 1. The Kier molecular flexibility index (Phi) is 6.41. The van der Waals surface area contributed by atoms with E-state index < -0.39 is 11.7 Å². The first-order valence-electron chi connectivity index (χ1n) is 9.53. The molecule has 154 valence electrons. The first-order chi connectivity index (χ1) is 14.3. The molecule has 0 aliphatic heterocycles. The zero-order chi connectivity index (χ0) is 21.7. The molecule has 0 saturated carbocycles. The molecule has 3 rings (SSSR count). The van der Waals surface area contributed by atoms with Gasteiger partial charge in [0.2, 0.25) is 0 Å². The number of esters is 1. The Labute approximate surface area is 173 Å². The number of nitrogens with zero attached hydrogens (tertiary/aromatic N) is 2. The van der Waals surface area contributed by atoms with Crippen LogP contribution in [-0.2, 0) is 16.0 Å². The van der Waals surface area contributed by atoms with E-state index in [4.69, 9.17) is 4.74 Å². The number of phenols is 1. The number of carboxylic acids is 1. The van der Waals surface area contributed by atoms with E-state index in [0.29, 0.717) is 29.3 Å². The zero-order valence-electron chi connectivity index (χ0n) is 16.7. The number of aryl methyl sites for hydroxylation is 1. The van der Waals surface area contributed by atoms with E-state index in [0.717, 1.165) is 5.56 Å². The maximum Gasteiger partial charge on any atom is 0.339 e. The molecule has 0 unspecified atom stereocenters. The van der Waals surface area contributed by atoms with Crippen molar-refractivity contribution in [1.82, 2.24) is 0 Å². The molecule has 0 aromatic heterocycles. The molecule has 0 radical (unpaired) electrons. The van der Waals surface area contributed by atoms with E-state index in [1.54, 1.807) is 36.4 Å². The van der Waals surface area contributed by atoms with Gasteiger partial charge in [0.05, 0.1) is 11.8 Å². The molecule has 0 heterocycles. The van der Waals surface area contributed by atoms with Gasteiger partial charge >= 0.3 is 11.9 Å². The van der Waals surface area contributed by atoms with Crippen molar-refractivity contribution in [2.75, 3.05) is 0 Å². The van der Waals surface area contributed by atoms with Crippen molar-refractivity contribution in [3.05, 3.63) is 65.7 Å². The molecule has 7 heteroatoms. The van der Waals surface area contributed by atoms with Gasteiger partial charge < -0.3 is 14.9 Å². The summed E-state index contributed by atoms with van der Waals surface area (Å²) in [5, 5.41) is 29.2. The maximum absolute atomic E-state index is 11.6. The molecule has 3 aromatic carbocycles. The monoisotopic (exact) mass is 406 g/mol. The van der Waals surface area contributed by atoms with Crippen molar-refractivity contribution in [3.63, 3.8) is 0 Å². The van der Waals surface area contributed by atoms with Crippen LogP contribution in [0.3, 0.4) is 0 Å². The fourth-order valence-corrected chi connectivity index (χ4v) is 2.99. The van der Waals surface area contributed by atoms with Crippen LogP contribution in [0.5, 0.6) is 5.75 Å². The number of carbonyl (C=O) groups is 2. The van der Waals surface area contributed by atoms with E-state index in [1.807, 2.05) is 26.0 Å². The fraction of sp³-hybridized carbons (Fsp3) is 0.217. The maximum atomic E-state index is 11.6.